The van der Waals surface area contributed by atoms with Crippen molar-refractivity contribution >= 4 is 33.2 Å². The second-order valence-corrected chi connectivity index (χ2v) is 7.96. The zero-order chi connectivity index (χ0) is 12.7. The normalized spacial score (nSPS) is 24.5. The number of likely N-dealkylation sites (tertiary alicyclic amines) is 1. The molecule has 1 atom stereocenters. The van der Waals surface area contributed by atoms with E-state index in [1.807, 2.05) is 11.3 Å². The van der Waals surface area contributed by atoms with Crippen LogP contribution in [0.15, 0.2) is 28.5 Å². The van der Waals surface area contributed by atoms with Crippen molar-refractivity contribution in [3.8, 4) is 0 Å². The van der Waals surface area contributed by atoms with E-state index in [4.69, 9.17) is 0 Å². The maximum Gasteiger partial charge on any atom is 0.0659 e. The van der Waals surface area contributed by atoms with E-state index in [1.165, 1.54) is 54.6 Å². The first-order valence-electron chi connectivity index (χ1n) is 7.32. The van der Waals surface area contributed by atoms with Crippen LogP contribution in [0.2, 0.25) is 0 Å². The molecule has 4 rings (SSSR count). The van der Waals surface area contributed by atoms with Crippen LogP contribution in [-0.2, 0) is 0 Å². The monoisotopic (exact) mass is 289 g/mol. The van der Waals surface area contributed by atoms with Crippen LogP contribution in [0.4, 0.5) is 0 Å². The minimum Gasteiger partial charge on any atom is -0.296 e. The summed E-state index contributed by atoms with van der Waals surface area (Å²) in [5, 5.41) is 1.52. The summed E-state index contributed by atoms with van der Waals surface area (Å²) < 4.78 is 3.06. The SMILES string of the molecule is c1ccc2c3c(sc2c1)SCCC3N1CCCCC1. The van der Waals surface area contributed by atoms with Crippen molar-refractivity contribution in [1.82, 2.24) is 4.90 Å². The van der Waals surface area contributed by atoms with Crippen molar-refractivity contribution in [3.05, 3.63) is 29.8 Å². The number of hydrogen-bond donors (Lipinski definition) is 0. The van der Waals surface area contributed by atoms with Gasteiger partial charge in [-0.2, -0.15) is 0 Å². The quantitative estimate of drug-likeness (QED) is 0.732. The van der Waals surface area contributed by atoms with E-state index in [0.717, 1.165) is 0 Å². The van der Waals surface area contributed by atoms with E-state index < -0.39 is 0 Å². The highest BCUT2D eigenvalue weighted by molar-refractivity contribution is 8.01. The van der Waals surface area contributed by atoms with Crippen molar-refractivity contribution in [3.63, 3.8) is 0 Å². The van der Waals surface area contributed by atoms with Gasteiger partial charge in [-0.05, 0) is 43.8 Å². The predicted molar refractivity (Wildman–Crippen MR) is 85.3 cm³/mol. The molecular formula is C16H19NS2. The van der Waals surface area contributed by atoms with Crippen molar-refractivity contribution in [1.29, 1.82) is 0 Å². The highest BCUT2D eigenvalue weighted by Gasteiger charge is 2.30. The molecule has 3 heterocycles. The Balaban J connectivity index is 1.80. The molecule has 2 aliphatic heterocycles. The molecule has 19 heavy (non-hydrogen) atoms. The fourth-order valence-electron chi connectivity index (χ4n) is 3.47. The van der Waals surface area contributed by atoms with Gasteiger partial charge in [0.2, 0.25) is 0 Å². The molecule has 0 saturated carbocycles. The van der Waals surface area contributed by atoms with Crippen LogP contribution in [-0.4, -0.2) is 23.7 Å². The average molecular weight is 289 g/mol. The molecule has 1 unspecified atom stereocenters. The average Bonchev–Trinajstić information content (AvgIpc) is 2.86. The molecule has 0 aliphatic carbocycles. The molecule has 1 nitrogen and oxygen atoms in total. The van der Waals surface area contributed by atoms with Crippen molar-refractivity contribution in [2.75, 3.05) is 18.8 Å². The lowest BCUT2D eigenvalue weighted by Gasteiger charge is -2.37. The summed E-state index contributed by atoms with van der Waals surface area (Å²) in [6.45, 7) is 2.61. The van der Waals surface area contributed by atoms with Crippen LogP contribution in [0.1, 0.15) is 37.3 Å². The van der Waals surface area contributed by atoms with Crippen molar-refractivity contribution < 1.29 is 0 Å². The summed E-state index contributed by atoms with van der Waals surface area (Å²) in [4.78, 5) is 2.75. The van der Waals surface area contributed by atoms with E-state index in [1.54, 1.807) is 9.77 Å². The molecule has 1 aromatic heterocycles. The van der Waals surface area contributed by atoms with E-state index >= 15 is 0 Å². The van der Waals surface area contributed by atoms with Crippen LogP contribution in [0, 0.1) is 0 Å². The Hall–Kier alpha value is -0.510. The lowest BCUT2D eigenvalue weighted by Crippen LogP contribution is -2.35. The third-order valence-corrected chi connectivity index (χ3v) is 6.90. The molecule has 100 valence electrons. The molecular weight excluding hydrogens is 270 g/mol. The van der Waals surface area contributed by atoms with Crippen molar-refractivity contribution in [2.45, 2.75) is 35.9 Å². The lowest BCUT2D eigenvalue weighted by atomic mass is 9.98. The van der Waals surface area contributed by atoms with Gasteiger partial charge < -0.3 is 0 Å². The van der Waals surface area contributed by atoms with Crippen LogP contribution >= 0.6 is 23.1 Å². The Bertz CT molecular complexity index is 583. The number of rotatable bonds is 1. The Labute approximate surface area is 123 Å². The number of thioether (sulfide) groups is 1. The summed E-state index contributed by atoms with van der Waals surface area (Å²) in [6, 6.07) is 9.67. The Kier molecular flexibility index (Phi) is 3.30. The zero-order valence-corrected chi connectivity index (χ0v) is 12.7. The lowest BCUT2D eigenvalue weighted by molar-refractivity contribution is 0.159. The Morgan fingerprint density at radius 2 is 1.89 bits per heavy atom. The first kappa shape index (κ1) is 12.2. The van der Waals surface area contributed by atoms with E-state index in [9.17, 15) is 0 Å². The van der Waals surface area contributed by atoms with Gasteiger partial charge in [-0.25, -0.2) is 0 Å². The van der Waals surface area contributed by atoms with E-state index in [-0.39, 0.29) is 0 Å². The van der Waals surface area contributed by atoms with Gasteiger partial charge in [-0.3, -0.25) is 4.90 Å². The first-order valence-corrected chi connectivity index (χ1v) is 9.12. The fraction of sp³-hybridized carbons (Fsp3) is 0.500. The highest BCUT2D eigenvalue weighted by atomic mass is 32.2. The topological polar surface area (TPSA) is 3.24 Å². The molecule has 1 aromatic carbocycles. The number of piperidine rings is 1. The molecule has 2 aromatic rings. The Morgan fingerprint density at radius 1 is 1.05 bits per heavy atom. The fourth-order valence-corrected chi connectivity index (χ4v) is 6.14. The van der Waals surface area contributed by atoms with Gasteiger partial charge in [-0.15, -0.1) is 23.1 Å². The van der Waals surface area contributed by atoms with Crippen LogP contribution in [0.3, 0.4) is 0 Å². The third-order valence-electron chi connectivity index (χ3n) is 4.39. The van der Waals surface area contributed by atoms with Crippen LogP contribution < -0.4 is 0 Å². The van der Waals surface area contributed by atoms with Gasteiger partial charge in [0.25, 0.3) is 0 Å². The molecule has 1 fully saturated rings. The minimum atomic E-state index is 0.688. The van der Waals surface area contributed by atoms with Gasteiger partial charge in [0.1, 0.15) is 0 Å². The molecule has 0 spiro atoms. The largest absolute Gasteiger partial charge is 0.296 e. The zero-order valence-electron chi connectivity index (χ0n) is 11.1. The van der Waals surface area contributed by atoms with Crippen LogP contribution in [0.25, 0.3) is 10.1 Å². The minimum absolute atomic E-state index is 0.688. The maximum absolute atomic E-state index is 2.75. The molecule has 1 saturated heterocycles. The van der Waals surface area contributed by atoms with E-state index in [0.29, 0.717) is 6.04 Å². The highest BCUT2D eigenvalue weighted by Crippen LogP contribution is 2.48. The second-order valence-electron chi connectivity index (χ2n) is 5.55. The standard InChI is InChI=1S/C16H19NS2/c1-4-9-17(10-5-1)13-8-11-18-16-15(13)12-6-2-3-7-14(12)19-16/h2-3,6-7,13H,1,4-5,8-11H2. The first-order chi connectivity index (χ1) is 9.43. The van der Waals surface area contributed by atoms with Crippen molar-refractivity contribution in [2.24, 2.45) is 0 Å². The molecule has 0 bridgehead atoms. The summed E-state index contributed by atoms with van der Waals surface area (Å²) in [5.41, 5.74) is 1.65. The van der Waals surface area contributed by atoms with Gasteiger partial charge in [0.05, 0.1) is 4.21 Å². The maximum atomic E-state index is 2.75. The summed E-state index contributed by atoms with van der Waals surface area (Å²) in [6.07, 6.45) is 5.54. The predicted octanol–water partition coefficient (Wildman–Crippen LogP) is 4.92. The van der Waals surface area contributed by atoms with Gasteiger partial charge in [0, 0.05) is 22.1 Å². The third kappa shape index (κ3) is 2.12. The number of hydrogen-bond acceptors (Lipinski definition) is 3. The smallest absolute Gasteiger partial charge is 0.0659 e. The summed E-state index contributed by atoms with van der Waals surface area (Å²) >= 11 is 4.08. The Morgan fingerprint density at radius 3 is 2.79 bits per heavy atom. The molecule has 3 heteroatoms. The van der Waals surface area contributed by atoms with E-state index in [2.05, 4.69) is 40.9 Å². The van der Waals surface area contributed by atoms with Crippen LogP contribution in [0.5, 0.6) is 0 Å². The summed E-state index contributed by atoms with van der Waals surface area (Å²) in [7, 11) is 0. The summed E-state index contributed by atoms with van der Waals surface area (Å²) in [5.74, 6) is 1.29. The number of benzene rings is 1. The second kappa shape index (κ2) is 5.12. The number of fused-ring (bicyclic) bond motifs is 3. The number of nitrogens with zero attached hydrogens (tertiary/aromatic N) is 1. The van der Waals surface area contributed by atoms with Gasteiger partial charge in [-0.1, -0.05) is 24.6 Å². The molecule has 0 radical (unpaired) electrons. The number of thiophene rings is 1. The van der Waals surface area contributed by atoms with Gasteiger partial charge in [0.15, 0.2) is 0 Å². The molecule has 0 N–H and O–H groups in total. The van der Waals surface area contributed by atoms with Gasteiger partial charge >= 0.3 is 0 Å². The molecule has 0 amide bonds. The molecule has 2 aliphatic rings.